The maximum absolute atomic E-state index is 9.82. The second kappa shape index (κ2) is 9.50. The fraction of sp³-hybridized carbons (Fsp3) is 0.625. The van der Waals surface area contributed by atoms with Crippen LogP contribution in [0.2, 0.25) is 0 Å². The van der Waals surface area contributed by atoms with Crippen molar-refractivity contribution < 1.29 is 9.84 Å². The van der Waals surface area contributed by atoms with E-state index in [2.05, 4.69) is 66.3 Å². The van der Waals surface area contributed by atoms with Gasteiger partial charge in [-0.15, -0.1) is 0 Å². The summed E-state index contributed by atoms with van der Waals surface area (Å²) in [5.41, 5.74) is 1.29. The van der Waals surface area contributed by atoms with Crippen molar-refractivity contribution in [3.63, 3.8) is 0 Å². The Balaban J connectivity index is 2.18. The first-order valence-electron chi connectivity index (χ1n) is 7.21. The largest absolute Gasteiger partial charge is 0.389 e. The summed E-state index contributed by atoms with van der Waals surface area (Å²) in [6, 6.07) is 8.67. The summed E-state index contributed by atoms with van der Waals surface area (Å²) in [6.45, 7) is 8.00. The first-order valence-corrected chi connectivity index (χ1v) is 8.00. The molecule has 0 aromatic heterocycles. The smallest absolute Gasteiger partial charge is 0.0897 e. The minimum Gasteiger partial charge on any atom is -0.389 e. The number of halogens is 1. The highest BCUT2D eigenvalue weighted by atomic mass is 79.9. The van der Waals surface area contributed by atoms with E-state index in [-0.39, 0.29) is 0 Å². The molecule has 1 aromatic carbocycles. The molecular weight excluding hydrogens is 318 g/mol. The molecule has 0 saturated heterocycles. The number of benzene rings is 1. The Bertz CT molecular complexity index is 367. The van der Waals surface area contributed by atoms with Crippen LogP contribution in [0.15, 0.2) is 28.7 Å². The molecular formula is C16H26BrNO2. The fourth-order valence-corrected chi connectivity index (χ4v) is 2.15. The maximum atomic E-state index is 9.82. The van der Waals surface area contributed by atoms with Gasteiger partial charge in [-0.3, -0.25) is 0 Å². The minimum atomic E-state index is -0.443. The summed E-state index contributed by atoms with van der Waals surface area (Å²) in [7, 11) is 0. The minimum absolute atomic E-state index is 0.330. The van der Waals surface area contributed by atoms with Crippen LogP contribution in [0.4, 0.5) is 0 Å². The van der Waals surface area contributed by atoms with E-state index in [1.54, 1.807) is 0 Å². The zero-order valence-electron chi connectivity index (χ0n) is 12.6. The number of aliphatic hydroxyl groups is 1. The Morgan fingerprint density at radius 2 is 1.80 bits per heavy atom. The van der Waals surface area contributed by atoms with E-state index in [1.807, 2.05) is 0 Å². The summed E-state index contributed by atoms with van der Waals surface area (Å²) in [5, 5.41) is 13.2. The number of hydrogen-bond acceptors (Lipinski definition) is 3. The van der Waals surface area contributed by atoms with E-state index in [0.717, 1.165) is 10.9 Å². The van der Waals surface area contributed by atoms with Crippen LogP contribution in [0.3, 0.4) is 0 Å². The first-order chi connectivity index (χ1) is 9.47. The number of hydrogen-bond donors (Lipinski definition) is 2. The first kappa shape index (κ1) is 17.6. The maximum Gasteiger partial charge on any atom is 0.0897 e. The van der Waals surface area contributed by atoms with Crippen LogP contribution in [0.25, 0.3) is 0 Å². The standard InChI is InChI=1S/C16H26BrNO2/c1-12(2)10-20-11-16(19)9-18-13(3)8-14-4-6-15(17)7-5-14/h4-7,12-13,16,18-19H,8-11H2,1-3H3. The lowest BCUT2D eigenvalue weighted by molar-refractivity contribution is 0.0252. The summed E-state index contributed by atoms with van der Waals surface area (Å²) in [4.78, 5) is 0. The van der Waals surface area contributed by atoms with Crippen LogP contribution in [0, 0.1) is 5.92 Å². The van der Waals surface area contributed by atoms with Crippen molar-refractivity contribution in [3.05, 3.63) is 34.3 Å². The normalized spacial score (nSPS) is 14.5. The highest BCUT2D eigenvalue weighted by molar-refractivity contribution is 9.10. The molecule has 2 N–H and O–H groups in total. The molecule has 1 aromatic rings. The molecule has 114 valence electrons. The molecule has 0 heterocycles. The van der Waals surface area contributed by atoms with Crippen LogP contribution in [-0.2, 0) is 11.2 Å². The van der Waals surface area contributed by atoms with Gasteiger partial charge in [0.25, 0.3) is 0 Å². The topological polar surface area (TPSA) is 41.5 Å². The third-order valence-electron chi connectivity index (χ3n) is 2.92. The highest BCUT2D eigenvalue weighted by Gasteiger charge is 2.08. The number of nitrogens with one attached hydrogen (secondary N) is 1. The summed E-state index contributed by atoms with van der Waals surface area (Å²) in [5.74, 6) is 0.506. The van der Waals surface area contributed by atoms with Gasteiger partial charge < -0.3 is 15.2 Å². The molecule has 2 atom stereocenters. The molecule has 0 saturated carbocycles. The Kier molecular flexibility index (Phi) is 8.38. The lowest BCUT2D eigenvalue weighted by Gasteiger charge is -2.18. The van der Waals surface area contributed by atoms with Crippen LogP contribution in [-0.4, -0.2) is 37.0 Å². The summed E-state index contributed by atoms with van der Waals surface area (Å²) >= 11 is 3.43. The average Bonchev–Trinajstić information content (AvgIpc) is 2.39. The summed E-state index contributed by atoms with van der Waals surface area (Å²) < 4.78 is 6.52. The van der Waals surface area contributed by atoms with E-state index < -0.39 is 6.10 Å². The van der Waals surface area contributed by atoms with Gasteiger partial charge in [-0.1, -0.05) is 41.9 Å². The van der Waals surface area contributed by atoms with Gasteiger partial charge in [0.15, 0.2) is 0 Å². The second-order valence-corrected chi connectivity index (χ2v) is 6.64. The second-order valence-electron chi connectivity index (χ2n) is 5.73. The van der Waals surface area contributed by atoms with Crippen molar-refractivity contribution in [3.8, 4) is 0 Å². The van der Waals surface area contributed by atoms with Gasteiger partial charge in [0.1, 0.15) is 0 Å². The molecule has 0 bridgehead atoms. The van der Waals surface area contributed by atoms with Crippen molar-refractivity contribution in [2.45, 2.75) is 39.3 Å². The molecule has 0 aliphatic heterocycles. The van der Waals surface area contributed by atoms with E-state index in [4.69, 9.17) is 4.74 Å². The lowest BCUT2D eigenvalue weighted by Crippen LogP contribution is -2.37. The Hall–Kier alpha value is -0.420. The quantitative estimate of drug-likeness (QED) is 0.724. The van der Waals surface area contributed by atoms with Crippen LogP contribution < -0.4 is 5.32 Å². The lowest BCUT2D eigenvalue weighted by atomic mass is 10.1. The van der Waals surface area contributed by atoms with E-state index in [1.165, 1.54) is 5.56 Å². The van der Waals surface area contributed by atoms with Gasteiger partial charge in [-0.25, -0.2) is 0 Å². The highest BCUT2D eigenvalue weighted by Crippen LogP contribution is 2.11. The van der Waals surface area contributed by atoms with Gasteiger partial charge in [0.2, 0.25) is 0 Å². The van der Waals surface area contributed by atoms with Gasteiger partial charge in [-0.05, 0) is 37.0 Å². The van der Waals surface area contributed by atoms with Gasteiger partial charge >= 0.3 is 0 Å². The SMILES string of the molecule is CC(C)COCC(O)CNC(C)Cc1ccc(Br)cc1. The Morgan fingerprint density at radius 1 is 1.15 bits per heavy atom. The number of aliphatic hydroxyl groups excluding tert-OH is 1. The monoisotopic (exact) mass is 343 g/mol. The van der Waals surface area contributed by atoms with E-state index in [9.17, 15) is 5.11 Å². The van der Waals surface area contributed by atoms with Crippen molar-refractivity contribution in [1.82, 2.24) is 5.32 Å². The predicted molar refractivity (Wildman–Crippen MR) is 87.0 cm³/mol. The molecule has 2 unspecified atom stereocenters. The molecule has 0 fully saturated rings. The zero-order valence-corrected chi connectivity index (χ0v) is 14.2. The summed E-state index contributed by atoms with van der Waals surface area (Å²) in [6.07, 6.45) is 0.508. The van der Waals surface area contributed by atoms with Crippen molar-refractivity contribution in [2.24, 2.45) is 5.92 Å². The van der Waals surface area contributed by atoms with Crippen molar-refractivity contribution >= 4 is 15.9 Å². The fourth-order valence-electron chi connectivity index (χ4n) is 1.88. The van der Waals surface area contributed by atoms with E-state index >= 15 is 0 Å². The third kappa shape index (κ3) is 8.00. The Morgan fingerprint density at radius 3 is 2.40 bits per heavy atom. The predicted octanol–water partition coefficient (Wildman–Crippen LogP) is 3.00. The molecule has 0 amide bonds. The molecule has 1 rings (SSSR count). The zero-order chi connectivity index (χ0) is 15.0. The molecule has 0 radical (unpaired) electrons. The van der Waals surface area contributed by atoms with Crippen LogP contribution in [0.5, 0.6) is 0 Å². The van der Waals surface area contributed by atoms with Gasteiger partial charge in [-0.2, -0.15) is 0 Å². The Labute approximate surface area is 130 Å². The molecule has 3 nitrogen and oxygen atoms in total. The number of rotatable bonds is 9. The molecule has 0 aliphatic rings. The van der Waals surface area contributed by atoms with Crippen molar-refractivity contribution in [1.29, 1.82) is 0 Å². The van der Waals surface area contributed by atoms with Gasteiger partial charge in [0, 0.05) is 23.7 Å². The molecule has 0 spiro atoms. The van der Waals surface area contributed by atoms with Crippen LogP contribution >= 0.6 is 15.9 Å². The third-order valence-corrected chi connectivity index (χ3v) is 3.45. The van der Waals surface area contributed by atoms with E-state index in [0.29, 0.717) is 31.7 Å². The molecule has 20 heavy (non-hydrogen) atoms. The number of ether oxygens (including phenoxy) is 1. The average molecular weight is 344 g/mol. The molecule has 4 heteroatoms. The molecule has 0 aliphatic carbocycles. The van der Waals surface area contributed by atoms with Crippen LogP contribution in [0.1, 0.15) is 26.3 Å². The van der Waals surface area contributed by atoms with Crippen molar-refractivity contribution in [2.75, 3.05) is 19.8 Å². The van der Waals surface area contributed by atoms with Gasteiger partial charge in [0.05, 0.1) is 12.7 Å².